The molecule has 0 aromatic heterocycles. The van der Waals surface area contributed by atoms with Gasteiger partial charge in [0.15, 0.2) is 0 Å². The van der Waals surface area contributed by atoms with Crippen molar-refractivity contribution in [2.24, 2.45) is 4.99 Å². The van der Waals surface area contributed by atoms with Gasteiger partial charge in [-0.15, -0.1) is 0 Å². The quantitative estimate of drug-likeness (QED) is 0.647. The SMILES string of the molecule is Fc1cc2c(cc1Br)C=NCC2. The van der Waals surface area contributed by atoms with Crippen LogP contribution >= 0.6 is 15.9 Å². The Labute approximate surface area is 78.4 Å². The van der Waals surface area contributed by atoms with E-state index in [9.17, 15) is 4.39 Å². The van der Waals surface area contributed by atoms with Crippen LogP contribution in [0, 0.1) is 5.82 Å². The maximum absolute atomic E-state index is 13.0. The number of fused-ring (bicyclic) bond motifs is 1. The zero-order chi connectivity index (χ0) is 8.55. The van der Waals surface area contributed by atoms with Crippen LogP contribution in [-0.4, -0.2) is 12.8 Å². The van der Waals surface area contributed by atoms with E-state index in [2.05, 4.69) is 20.9 Å². The minimum Gasteiger partial charge on any atom is -0.292 e. The Kier molecular flexibility index (Phi) is 1.97. The Hall–Kier alpha value is -0.700. The van der Waals surface area contributed by atoms with E-state index in [1.165, 1.54) is 0 Å². The lowest BCUT2D eigenvalue weighted by molar-refractivity contribution is 0.618. The molecule has 3 heteroatoms. The third-order valence-electron chi connectivity index (χ3n) is 1.92. The lowest BCUT2D eigenvalue weighted by atomic mass is 10.0. The van der Waals surface area contributed by atoms with E-state index < -0.39 is 0 Å². The van der Waals surface area contributed by atoms with E-state index >= 15 is 0 Å². The van der Waals surface area contributed by atoms with Crippen LogP contribution in [0.2, 0.25) is 0 Å². The lowest BCUT2D eigenvalue weighted by Crippen LogP contribution is -2.03. The molecule has 0 saturated carbocycles. The molecule has 0 amide bonds. The summed E-state index contributed by atoms with van der Waals surface area (Å²) in [5.41, 5.74) is 2.07. The van der Waals surface area contributed by atoms with Crippen molar-refractivity contribution >= 4 is 22.1 Å². The molecule has 0 saturated heterocycles. The third-order valence-corrected chi connectivity index (χ3v) is 2.53. The van der Waals surface area contributed by atoms with Crippen molar-refractivity contribution < 1.29 is 4.39 Å². The molecule has 0 spiro atoms. The number of benzene rings is 1. The monoisotopic (exact) mass is 227 g/mol. The van der Waals surface area contributed by atoms with Gasteiger partial charge in [0.05, 0.1) is 4.47 Å². The zero-order valence-electron chi connectivity index (χ0n) is 6.35. The van der Waals surface area contributed by atoms with Crippen LogP contribution in [0.3, 0.4) is 0 Å². The van der Waals surface area contributed by atoms with Crippen LogP contribution in [0.4, 0.5) is 4.39 Å². The van der Waals surface area contributed by atoms with Gasteiger partial charge in [-0.2, -0.15) is 0 Å². The van der Waals surface area contributed by atoms with Crippen molar-refractivity contribution in [1.29, 1.82) is 0 Å². The molecule has 1 heterocycles. The second-order valence-electron chi connectivity index (χ2n) is 2.75. The summed E-state index contributed by atoms with van der Waals surface area (Å²) in [7, 11) is 0. The molecule has 0 atom stereocenters. The van der Waals surface area contributed by atoms with Gasteiger partial charge in [-0.05, 0) is 45.6 Å². The number of hydrogen-bond donors (Lipinski definition) is 0. The second kappa shape index (κ2) is 2.98. The topological polar surface area (TPSA) is 12.4 Å². The largest absolute Gasteiger partial charge is 0.292 e. The maximum atomic E-state index is 13.0. The van der Waals surface area contributed by atoms with E-state index in [-0.39, 0.29) is 5.82 Å². The first-order valence-electron chi connectivity index (χ1n) is 3.75. The minimum atomic E-state index is -0.191. The summed E-state index contributed by atoms with van der Waals surface area (Å²) >= 11 is 3.14. The molecule has 0 aliphatic carbocycles. The van der Waals surface area contributed by atoms with Crippen LogP contribution in [-0.2, 0) is 6.42 Å². The van der Waals surface area contributed by atoms with Gasteiger partial charge in [-0.25, -0.2) is 4.39 Å². The summed E-state index contributed by atoms with van der Waals surface area (Å²) in [5.74, 6) is -0.191. The molecule has 1 aliphatic rings. The molecule has 0 unspecified atom stereocenters. The van der Waals surface area contributed by atoms with Crippen molar-refractivity contribution in [1.82, 2.24) is 0 Å². The predicted molar refractivity (Wildman–Crippen MR) is 50.3 cm³/mol. The average molecular weight is 228 g/mol. The third kappa shape index (κ3) is 1.29. The van der Waals surface area contributed by atoms with Gasteiger partial charge in [0.2, 0.25) is 0 Å². The fourth-order valence-electron chi connectivity index (χ4n) is 1.29. The Balaban J connectivity index is 2.58. The molecule has 12 heavy (non-hydrogen) atoms. The van der Waals surface area contributed by atoms with Gasteiger partial charge < -0.3 is 0 Å². The van der Waals surface area contributed by atoms with Gasteiger partial charge in [-0.3, -0.25) is 4.99 Å². The number of aliphatic imine (C=N–C) groups is 1. The summed E-state index contributed by atoms with van der Waals surface area (Å²) in [4.78, 5) is 4.12. The number of hydrogen-bond acceptors (Lipinski definition) is 1. The van der Waals surface area contributed by atoms with Crippen LogP contribution < -0.4 is 0 Å². The second-order valence-corrected chi connectivity index (χ2v) is 3.60. The van der Waals surface area contributed by atoms with Crippen molar-refractivity contribution in [2.45, 2.75) is 6.42 Å². The number of rotatable bonds is 0. The van der Waals surface area contributed by atoms with E-state index in [1.807, 2.05) is 0 Å². The first-order valence-corrected chi connectivity index (χ1v) is 4.54. The summed E-state index contributed by atoms with van der Waals surface area (Å²) < 4.78 is 13.5. The highest BCUT2D eigenvalue weighted by Crippen LogP contribution is 2.21. The molecular formula is C9H7BrFN. The van der Waals surface area contributed by atoms with Gasteiger partial charge in [0.25, 0.3) is 0 Å². The zero-order valence-corrected chi connectivity index (χ0v) is 7.94. The molecule has 0 radical (unpaired) electrons. The summed E-state index contributed by atoms with van der Waals surface area (Å²) in [6, 6.07) is 3.35. The van der Waals surface area contributed by atoms with Gasteiger partial charge in [-0.1, -0.05) is 0 Å². The van der Waals surface area contributed by atoms with Crippen LogP contribution in [0.1, 0.15) is 11.1 Å². The van der Waals surface area contributed by atoms with Crippen LogP contribution in [0.25, 0.3) is 0 Å². The van der Waals surface area contributed by atoms with Crippen molar-refractivity contribution in [3.63, 3.8) is 0 Å². The maximum Gasteiger partial charge on any atom is 0.137 e. The van der Waals surface area contributed by atoms with E-state index in [0.29, 0.717) is 4.47 Å². The molecule has 1 aromatic rings. The normalized spacial score (nSPS) is 14.5. The molecule has 1 aliphatic heterocycles. The minimum absolute atomic E-state index is 0.191. The molecule has 0 fully saturated rings. The van der Waals surface area contributed by atoms with Crippen LogP contribution in [0.5, 0.6) is 0 Å². The summed E-state index contributed by atoms with van der Waals surface area (Å²) in [6.45, 7) is 0.772. The van der Waals surface area contributed by atoms with Gasteiger partial charge >= 0.3 is 0 Å². The molecule has 0 N–H and O–H groups in total. The Morgan fingerprint density at radius 2 is 2.25 bits per heavy atom. The highest BCUT2D eigenvalue weighted by atomic mass is 79.9. The van der Waals surface area contributed by atoms with Crippen molar-refractivity contribution in [2.75, 3.05) is 6.54 Å². The molecule has 0 bridgehead atoms. The Morgan fingerprint density at radius 1 is 1.42 bits per heavy atom. The summed E-state index contributed by atoms with van der Waals surface area (Å²) in [6.07, 6.45) is 2.64. The van der Waals surface area contributed by atoms with E-state index in [1.54, 1.807) is 18.3 Å². The van der Waals surface area contributed by atoms with Crippen LogP contribution in [0.15, 0.2) is 21.6 Å². The standard InChI is InChI=1S/C9H7BrFN/c10-8-3-7-5-12-2-1-6(7)4-9(8)11/h3-5H,1-2H2. The fraction of sp³-hybridized carbons (Fsp3) is 0.222. The van der Waals surface area contributed by atoms with E-state index in [4.69, 9.17) is 0 Å². The highest BCUT2D eigenvalue weighted by Gasteiger charge is 2.08. The van der Waals surface area contributed by atoms with Crippen molar-refractivity contribution in [3.05, 3.63) is 33.5 Å². The lowest BCUT2D eigenvalue weighted by Gasteiger charge is -2.09. The Bertz CT molecular complexity index is 347. The van der Waals surface area contributed by atoms with E-state index in [0.717, 1.165) is 24.1 Å². The molecule has 62 valence electrons. The molecule has 1 nitrogen and oxygen atoms in total. The van der Waals surface area contributed by atoms with Crippen molar-refractivity contribution in [3.8, 4) is 0 Å². The smallest absolute Gasteiger partial charge is 0.137 e. The molecular weight excluding hydrogens is 221 g/mol. The first-order chi connectivity index (χ1) is 5.77. The molecule has 2 rings (SSSR count). The fourth-order valence-corrected chi connectivity index (χ4v) is 1.65. The Morgan fingerprint density at radius 3 is 3.08 bits per heavy atom. The predicted octanol–water partition coefficient (Wildman–Crippen LogP) is 2.56. The highest BCUT2D eigenvalue weighted by molar-refractivity contribution is 9.10. The average Bonchev–Trinajstić information content (AvgIpc) is 2.07. The number of nitrogens with zero attached hydrogens (tertiary/aromatic N) is 1. The van der Waals surface area contributed by atoms with Gasteiger partial charge in [0, 0.05) is 12.8 Å². The van der Waals surface area contributed by atoms with Gasteiger partial charge in [0.1, 0.15) is 5.82 Å². The molecule has 1 aromatic carbocycles. The first kappa shape index (κ1) is 7.92. The number of halogens is 2. The summed E-state index contributed by atoms with van der Waals surface area (Å²) in [5, 5.41) is 0.